The summed E-state index contributed by atoms with van der Waals surface area (Å²) in [5.74, 6) is -0.874. The second-order valence-electron chi connectivity index (χ2n) is 5.67. The number of hydrogen-bond donors (Lipinski definition) is 1. The molecule has 2 aromatic rings. The lowest BCUT2D eigenvalue weighted by Gasteiger charge is -2.24. The second kappa shape index (κ2) is 6.50. The van der Waals surface area contributed by atoms with Crippen LogP contribution in [0.15, 0.2) is 42.7 Å². The van der Waals surface area contributed by atoms with Crippen LogP contribution in [0, 0.1) is 11.6 Å². The zero-order valence-electron chi connectivity index (χ0n) is 12.1. The van der Waals surface area contributed by atoms with Gasteiger partial charge in [0.15, 0.2) is 0 Å². The molecule has 1 N–H and O–H groups in total. The molecule has 116 valence electrons. The number of benzene rings is 1. The smallest absolute Gasteiger partial charge is 0.128 e. The van der Waals surface area contributed by atoms with E-state index in [-0.39, 0.29) is 6.04 Å². The summed E-state index contributed by atoms with van der Waals surface area (Å²) in [6, 6.07) is 7.08. The lowest BCUT2D eigenvalue weighted by atomic mass is 10.0. The topological polar surface area (TPSA) is 36.4 Å². The van der Waals surface area contributed by atoms with E-state index >= 15 is 0 Å². The van der Waals surface area contributed by atoms with Crippen LogP contribution in [0.4, 0.5) is 8.78 Å². The van der Waals surface area contributed by atoms with Gasteiger partial charge in [-0.3, -0.25) is 9.88 Å². The van der Waals surface area contributed by atoms with Gasteiger partial charge in [-0.05, 0) is 48.7 Å². The molecule has 1 aromatic carbocycles. The van der Waals surface area contributed by atoms with Crippen molar-refractivity contribution in [3.8, 4) is 0 Å². The van der Waals surface area contributed by atoms with Crippen LogP contribution in [0.1, 0.15) is 23.6 Å². The summed E-state index contributed by atoms with van der Waals surface area (Å²) in [4.78, 5) is 5.99. The van der Waals surface area contributed by atoms with Gasteiger partial charge in [-0.1, -0.05) is 0 Å². The number of rotatable bonds is 4. The zero-order chi connectivity index (χ0) is 15.5. The van der Waals surface area contributed by atoms with Gasteiger partial charge in [0.1, 0.15) is 11.6 Å². The van der Waals surface area contributed by atoms with Crippen molar-refractivity contribution in [1.29, 1.82) is 0 Å². The van der Waals surface area contributed by atoms with E-state index in [9.17, 15) is 13.9 Å². The molecule has 1 aliphatic heterocycles. The van der Waals surface area contributed by atoms with Crippen molar-refractivity contribution in [2.24, 2.45) is 0 Å². The molecule has 0 amide bonds. The van der Waals surface area contributed by atoms with Crippen molar-refractivity contribution in [1.82, 2.24) is 9.88 Å². The Labute approximate surface area is 128 Å². The van der Waals surface area contributed by atoms with Crippen molar-refractivity contribution in [2.75, 3.05) is 13.1 Å². The van der Waals surface area contributed by atoms with Crippen molar-refractivity contribution in [2.45, 2.75) is 25.0 Å². The van der Waals surface area contributed by atoms with E-state index in [1.54, 1.807) is 12.4 Å². The molecule has 5 heteroatoms. The van der Waals surface area contributed by atoms with Crippen LogP contribution in [0.25, 0.3) is 0 Å². The van der Waals surface area contributed by atoms with Crippen LogP contribution >= 0.6 is 0 Å². The van der Waals surface area contributed by atoms with Gasteiger partial charge >= 0.3 is 0 Å². The summed E-state index contributed by atoms with van der Waals surface area (Å²) in [6.45, 7) is 1.16. The normalized spacial score (nSPS) is 22.1. The Hall–Kier alpha value is -1.85. The molecular formula is C17H18F2N2O. The summed E-state index contributed by atoms with van der Waals surface area (Å²) < 4.78 is 27.4. The highest BCUT2D eigenvalue weighted by molar-refractivity contribution is 5.24. The molecule has 0 unspecified atom stereocenters. The quantitative estimate of drug-likeness (QED) is 0.943. The molecule has 2 atom stereocenters. The van der Waals surface area contributed by atoms with E-state index < -0.39 is 17.7 Å². The van der Waals surface area contributed by atoms with Gasteiger partial charge in [-0.15, -0.1) is 0 Å². The Morgan fingerprint density at radius 3 is 2.73 bits per heavy atom. The lowest BCUT2D eigenvalue weighted by molar-refractivity contribution is 0.175. The molecule has 1 aromatic heterocycles. The van der Waals surface area contributed by atoms with Gasteiger partial charge in [0, 0.05) is 37.1 Å². The van der Waals surface area contributed by atoms with E-state index in [1.165, 1.54) is 6.07 Å². The molecule has 2 heterocycles. The molecule has 0 saturated carbocycles. The number of pyridine rings is 1. The third-order valence-corrected chi connectivity index (χ3v) is 4.14. The first-order valence-corrected chi connectivity index (χ1v) is 7.39. The number of halogens is 2. The van der Waals surface area contributed by atoms with Gasteiger partial charge in [-0.25, -0.2) is 8.78 Å². The number of nitrogens with zero attached hydrogens (tertiary/aromatic N) is 2. The largest absolute Gasteiger partial charge is 0.392 e. The van der Waals surface area contributed by atoms with Crippen LogP contribution in [-0.4, -0.2) is 34.2 Å². The van der Waals surface area contributed by atoms with Gasteiger partial charge in [0.25, 0.3) is 0 Å². The first-order valence-electron chi connectivity index (χ1n) is 7.39. The Morgan fingerprint density at radius 1 is 1.18 bits per heavy atom. The molecular weight excluding hydrogens is 286 g/mol. The molecule has 1 fully saturated rings. The van der Waals surface area contributed by atoms with E-state index in [1.807, 2.05) is 17.0 Å². The van der Waals surface area contributed by atoms with Crippen molar-refractivity contribution < 1.29 is 13.9 Å². The predicted molar refractivity (Wildman–Crippen MR) is 79.2 cm³/mol. The maximum absolute atomic E-state index is 14.0. The van der Waals surface area contributed by atoms with Crippen LogP contribution < -0.4 is 0 Å². The van der Waals surface area contributed by atoms with Crippen LogP contribution in [0.2, 0.25) is 0 Å². The minimum absolute atomic E-state index is 0.285. The third-order valence-electron chi connectivity index (χ3n) is 4.14. The molecule has 22 heavy (non-hydrogen) atoms. The number of likely N-dealkylation sites (tertiary alicyclic amines) is 1. The molecule has 1 saturated heterocycles. The van der Waals surface area contributed by atoms with E-state index in [0.717, 1.165) is 24.1 Å². The van der Waals surface area contributed by atoms with Crippen molar-refractivity contribution in [3.63, 3.8) is 0 Å². The van der Waals surface area contributed by atoms with Gasteiger partial charge < -0.3 is 5.11 Å². The number of hydrogen-bond acceptors (Lipinski definition) is 3. The summed E-state index contributed by atoms with van der Waals surface area (Å²) in [5, 5.41) is 9.92. The predicted octanol–water partition coefficient (Wildman–Crippen LogP) is 2.71. The molecule has 1 aliphatic rings. The van der Waals surface area contributed by atoms with Crippen LogP contribution in [-0.2, 0) is 6.42 Å². The van der Waals surface area contributed by atoms with Crippen molar-refractivity contribution >= 4 is 0 Å². The summed E-state index contributed by atoms with van der Waals surface area (Å²) in [7, 11) is 0. The summed E-state index contributed by atoms with van der Waals surface area (Å²) >= 11 is 0. The van der Waals surface area contributed by atoms with Crippen LogP contribution in [0.5, 0.6) is 0 Å². The highest BCUT2D eigenvalue weighted by Gasteiger charge is 2.33. The highest BCUT2D eigenvalue weighted by atomic mass is 19.1. The Kier molecular flexibility index (Phi) is 4.45. The minimum Gasteiger partial charge on any atom is -0.392 e. The zero-order valence-corrected chi connectivity index (χ0v) is 12.1. The third kappa shape index (κ3) is 3.31. The number of aliphatic hydroxyl groups excluding tert-OH is 1. The van der Waals surface area contributed by atoms with E-state index in [4.69, 9.17) is 0 Å². The lowest BCUT2D eigenvalue weighted by Crippen LogP contribution is -2.27. The van der Waals surface area contributed by atoms with Crippen LogP contribution in [0.3, 0.4) is 0 Å². The maximum Gasteiger partial charge on any atom is 0.128 e. The maximum atomic E-state index is 14.0. The second-order valence-corrected chi connectivity index (χ2v) is 5.67. The average molecular weight is 304 g/mol. The Balaban J connectivity index is 1.76. The summed E-state index contributed by atoms with van der Waals surface area (Å²) in [6.07, 6.45) is 4.17. The first-order chi connectivity index (χ1) is 10.6. The monoisotopic (exact) mass is 304 g/mol. The standard InChI is InChI=1S/C17H18F2N2O/c18-13-1-2-16(19)15(9-13)17-10-14(22)11-21(17)8-5-12-3-6-20-7-4-12/h1-4,6-7,9,14,17,22H,5,8,10-11H2/t14-,17+/m0/s1. The van der Waals surface area contributed by atoms with Gasteiger partial charge in [0.05, 0.1) is 6.10 Å². The Morgan fingerprint density at radius 2 is 1.95 bits per heavy atom. The van der Waals surface area contributed by atoms with E-state index in [2.05, 4.69) is 4.98 Å². The minimum atomic E-state index is -0.509. The van der Waals surface area contributed by atoms with Gasteiger partial charge in [-0.2, -0.15) is 0 Å². The SMILES string of the molecule is O[C@H]1C[C@H](c2cc(F)ccc2F)N(CCc2ccncc2)C1. The molecule has 0 aliphatic carbocycles. The molecule has 3 rings (SSSR count). The van der Waals surface area contributed by atoms with Crippen molar-refractivity contribution in [3.05, 3.63) is 65.5 Å². The highest BCUT2D eigenvalue weighted by Crippen LogP contribution is 2.34. The Bertz CT molecular complexity index is 636. The number of aromatic nitrogens is 1. The molecule has 3 nitrogen and oxygen atoms in total. The number of β-amino-alcohol motifs (C(OH)–C–C–N with tert-alkyl or cyclic N) is 1. The molecule has 0 spiro atoms. The molecule has 0 bridgehead atoms. The van der Waals surface area contributed by atoms with Gasteiger partial charge in [0.2, 0.25) is 0 Å². The average Bonchev–Trinajstić information content (AvgIpc) is 2.89. The molecule has 0 radical (unpaired) electrons. The summed E-state index contributed by atoms with van der Waals surface area (Å²) in [5.41, 5.74) is 1.46. The fourth-order valence-corrected chi connectivity index (χ4v) is 3.04. The fourth-order valence-electron chi connectivity index (χ4n) is 3.04. The first kappa shape index (κ1) is 15.1. The van der Waals surface area contributed by atoms with E-state index in [0.29, 0.717) is 25.1 Å². The number of aliphatic hydroxyl groups is 1. The fraction of sp³-hybridized carbons (Fsp3) is 0.353.